The van der Waals surface area contributed by atoms with Crippen LogP contribution in [0.4, 0.5) is 11.4 Å². The topological polar surface area (TPSA) is 40.0 Å². The van der Waals surface area contributed by atoms with Gasteiger partial charge in [0.25, 0.3) is 0 Å². The van der Waals surface area contributed by atoms with Gasteiger partial charge in [0.2, 0.25) is 0 Å². The van der Waals surface area contributed by atoms with E-state index in [4.69, 9.17) is 5.10 Å². The van der Waals surface area contributed by atoms with Crippen molar-refractivity contribution < 1.29 is 0 Å². The van der Waals surface area contributed by atoms with E-state index in [9.17, 15) is 0 Å². The number of rotatable bonds is 6. The van der Waals surface area contributed by atoms with E-state index in [0.29, 0.717) is 0 Å². The van der Waals surface area contributed by atoms with Crippen molar-refractivity contribution in [2.24, 2.45) is 10.2 Å². The number of hydrazone groups is 2. The van der Waals surface area contributed by atoms with E-state index in [2.05, 4.69) is 39.8 Å². The number of anilines is 2. The van der Waals surface area contributed by atoms with Crippen LogP contribution in [0.25, 0.3) is 0 Å². The summed E-state index contributed by atoms with van der Waals surface area (Å²) in [6.45, 7) is 0. The average Bonchev–Trinajstić information content (AvgIpc) is 3.21. The molecule has 0 fully saturated rings. The minimum atomic E-state index is 0.254. The molecule has 4 heteroatoms. The molecule has 3 aromatic rings. The number of nitrogens with one attached hydrogen (secondary N) is 1. The maximum atomic E-state index is 4.74. The number of hydrogen-bond donors (Lipinski definition) is 1. The third-order valence-corrected chi connectivity index (χ3v) is 4.58. The second kappa shape index (κ2) is 8.32. The Labute approximate surface area is 159 Å². The predicted molar refractivity (Wildman–Crippen MR) is 113 cm³/mol. The van der Waals surface area contributed by atoms with Gasteiger partial charge in [-0.05, 0) is 29.8 Å². The Kier molecular flexibility index (Phi) is 5.25. The molecule has 0 spiro atoms. The van der Waals surface area contributed by atoms with Crippen LogP contribution in [0.5, 0.6) is 0 Å². The van der Waals surface area contributed by atoms with Gasteiger partial charge in [-0.25, -0.2) is 0 Å². The van der Waals surface area contributed by atoms with Crippen molar-refractivity contribution in [2.75, 3.05) is 10.4 Å². The monoisotopic (exact) mass is 354 g/mol. The molecule has 0 aromatic heterocycles. The molecule has 0 radical (unpaired) electrons. The molecule has 4 rings (SSSR count). The largest absolute Gasteiger partial charge is 0.278 e. The predicted octanol–water partition coefficient (Wildman–Crippen LogP) is 5.16. The fourth-order valence-electron chi connectivity index (χ4n) is 3.21. The smallest absolute Gasteiger partial charge is 0.0700 e. The first-order valence-corrected chi connectivity index (χ1v) is 9.20. The molecule has 1 aliphatic rings. The number of nitrogens with zero attached hydrogens (tertiary/aromatic N) is 3. The van der Waals surface area contributed by atoms with Crippen molar-refractivity contribution >= 4 is 23.3 Å². The van der Waals surface area contributed by atoms with Crippen LogP contribution in [0.1, 0.15) is 18.4 Å². The Morgan fingerprint density at radius 1 is 0.889 bits per heavy atom. The molecule has 1 atom stereocenters. The third-order valence-electron chi connectivity index (χ3n) is 4.58. The van der Waals surface area contributed by atoms with E-state index in [-0.39, 0.29) is 6.04 Å². The Balaban J connectivity index is 1.57. The first kappa shape index (κ1) is 17.0. The molecule has 134 valence electrons. The van der Waals surface area contributed by atoms with Crippen LogP contribution in [-0.4, -0.2) is 18.0 Å². The minimum absolute atomic E-state index is 0.254. The van der Waals surface area contributed by atoms with Gasteiger partial charge in [-0.3, -0.25) is 10.4 Å². The van der Waals surface area contributed by atoms with Gasteiger partial charge < -0.3 is 0 Å². The highest BCUT2D eigenvalue weighted by molar-refractivity contribution is 6.01. The van der Waals surface area contributed by atoms with Crippen molar-refractivity contribution in [2.45, 2.75) is 18.9 Å². The first-order valence-electron chi connectivity index (χ1n) is 9.20. The molecular weight excluding hydrogens is 332 g/mol. The van der Waals surface area contributed by atoms with Gasteiger partial charge in [0.05, 0.1) is 23.1 Å². The summed E-state index contributed by atoms with van der Waals surface area (Å²) in [6.07, 6.45) is 3.70. The van der Waals surface area contributed by atoms with Crippen molar-refractivity contribution in [3.8, 4) is 0 Å². The summed E-state index contributed by atoms with van der Waals surface area (Å²) in [6, 6.07) is 30.9. The van der Waals surface area contributed by atoms with Crippen LogP contribution in [-0.2, 0) is 0 Å². The Hall–Kier alpha value is -3.40. The summed E-state index contributed by atoms with van der Waals surface area (Å²) in [4.78, 5) is 0. The highest BCUT2D eigenvalue weighted by Gasteiger charge is 2.24. The molecule has 0 amide bonds. The SMILES string of the molecule is C1=NN(c2ccccc2)[C@@H](C/C(=N/Nc2ccccc2)c2ccccc2)C1. The van der Waals surface area contributed by atoms with Crippen LogP contribution in [0, 0.1) is 0 Å². The molecule has 0 bridgehead atoms. The fraction of sp³-hybridized carbons (Fsp3) is 0.130. The highest BCUT2D eigenvalue weighted by Crippen LogP contribution is 2.25. The Morgan fingerprint density at radius 3 is 2.22 bits per heavy atom. The van der Waals surface area contributed by atoms with Crippen molar-refractivity contribution in [1.29, 1.82) is 0 Å². The van der Waals surface area contributed by atoms with E-state index in [1.165, 1.54) is 0 Å². The van der Waals surface area contributed by atoms with Crippen molar-refractivity contribution in [3.63, 3.8) is 0 Å². The van der Waals surface area contributed by atoms with Crippen LogP contribution in [0.15, 0.2) is 101 Å². The van der Waals surface area contributed by atoms with E-state index in [0.717, 1.165) is 35.5 Å². The van der Waals surface area contributed by atoms with Crippen molar-refractivity contribution in [1.82, 2.24) is 0 Å². The van der Waals surface area contributed by atoms with E-state index >= 15 is 0 Å². The molecule has 0 unspecified atom stereocenters. The van der Waals surface area contributed by atoms with Crippen LogP contribution in [0.2, 0.25) is 0 Å². The fourth-order valence-corrected chi connectivity index (χ4v) is 3.21. The number of benzene rings is 3. The van der Waals surface area contributed by atoms with E-state index in [1.54, 1.807) is 0 Å². The zero-order valence-corrected chi connectivity index (χ0v) is 15.1. The normalized spacial score (nSPS) is 16.5. The molecule has 1 N–H and O–H groups in total. The third kappa shape index (κ3) is 4.23. The summed E-state index contributed by atoms with van der Waals surface area (Å²) < 4.78 is 0. The molecular formula is C23H22N4. The highest BCUT2D eigenvalue weighted by atomic mass is 15.5. The maximum absolute atomic E-state index is 4.74. The van der Waals surface area contributed by atoms with Gasteiger partial charge in [0.1, 0.15) is 0 Å². The van der Waals surface area contributed by atoms with Crippen LogP contribution in [0.3, 0.4) is 0 Å². The van der Waals surface area contributed by atoms with E-state index < -0.39 is 0 Å². The van der Waals surface area contributed by atoms with Gasteiger partial charge in [0.15, 0.2) is 0 Å². The molecule has 3 aromatic carbocycles. The van der Waals surface area contributed by atoms with Gasteiger partial charge in [0, 0.05) is 19.1 Å². The van der Waals surface area contributed by atoms with Gasteiger partial charge in [-0.2, -0.15) is 10.2 Å². The Morgan fingerprint density at radius 2 is 1.52 bits per heavy atom. The van der Waals surface area contributed by atoms with Crippen LogP contribution >= 0.6 is 0 Å². The lowest BCUT2D eigenvalue weighted by atomic mass is 10.0. The summed E-state index contributed by atoms with van der Waals surface area (Å²) in [7, 11) is 0. The molecule has 4 nitrogen and oxygen atoms in total. The van der Waals surface area contributed by atoms with Gasteiger partial charge in [-0.1, -0.05) is 66.7 Å². The molecule has 0 saturated heterocycles. The van der Waals surface area contributed by atoms with Crippen LogP contribution < -0.4 is 10.4 Å². The molecule has 0 saturated carbocycles. The lowest BCUT2D eigenvalue weighted by Crippen LogP contribution is -2.29. The number of para-hydroxylation sites is 2. The van der Waals surface area contributed by atoms with Gasteiger partial charge in [-0.15, -0.1) is 0 Å². The number of hydrogen-bond acceptors (Lipinski definition) is 4. The maximum Gasteiger partial charge on any atom is 0.0700 e. The summed E-state index contributed by atoms with van der Waals surface area (Å²) >= 11 is 0. The van der Waals surface area contributed by atoms with Gasteiger partial charge >= 0.3 is 0 Å². The summed E-state index contributed by atoms with van der Waals surface area (Å²) in [5.41, 5.74) is 7.44. The minimum Gasteiger partial charge on any atom is -0.278 e. The van der Waals surface area contributed by atoms with E-state index in [1.807, 2.05) is 72.9 Å². The van der Waals surface area contributed by atoms with Crippen molar-refractivity contribution in [3.05, 3.63) is 96.6 Å². The lowest BCUT2D eigenvalue weighted by molar-refractivity contribution is 0.686. The molecule has 1 heterocycles. The Bertz CT molecular complexity index is 905. The molecule has 0 aliphatic carbocycles. The second-order valence-corrected chi connectivity index (χ2v) is 6.47. The zero-order chi connectivity index (χ0) is 18.3. The molecule has 1 aliphatic heterocycles. The second-order valence-electron chi connectivity index (χ2n) is 6.47. The average molecular weight is 354 g/mol. The zero-order valence-electron chi connectivity index (χ0n) is 15.1. The quantitative estimate of drug-likeness (QED) is 0.491. The summed E-state index contributed by atoms with van der Waals surface area (Å²) in [5.74, 6) is 0. The summed E-state index contributed by atoms with van der Waals surface area (Å²) in [5, 5.41) is 11.4. The standard InChI is InChI=1S/C23H22N4/c1-4-10-19(11-5-1)23(26-25-20-12-6-2-7-13-20)18-22-16-17-24-27(22)21-14-8-3-9-15-21/h1-15,17,22,25H,16,18H2/b26-23-/t22-/m1/s1. The first-order chi connectivity index (χ1) is 13.4. The molecule has 27 heavy (non-hydrogen) atoms. The lowest BCUT2D eigenvalue weighted by Gasteiger charge is -2.24.